The van der Waals surface area contributed by atoms with Crippen LogP contribution in [0.25, 0.3) is 5.69 Å². The van der Waals surface area contributed by atoms with Gasteiger partial charge in [-0.25, -0.2) is 4.68 Å². The van der Waals surface area contributed by atoms with Crippen molar-refractivity contribution >= 4 is 23.2 Å². The smallest absolute Gasteiger partial charge is 0.262 e. The highest BCUT2D eigenvalue weighted by Gasteiger charge is 2.05. The van der Waals surface area contributed by atoms with E-state index >= 15 is 0 Å². The highest BCUT2D eigenvalue weighted by atomic mass is 35.5. The molecule has 0 aliphatic carbocycles. The fraction of sp³-hybridized carbons (Fsp3) is 0.0667. The van der Waals surface area contributed by atoms with E-state index in [0.717, 1.165) is 5.69 Å². The normalized spacial score (nSPS) is 10.3. The van der Waals surface area contributed by atoms with E-state index in [2.05, 4.69) is 20.8 Å². The van der Waals surface area contributed by atoms with Gasteiger partial charge in [-0.15, -0.1) is 5.10 Å². The number of hydrogen-bond acceptors (Lipinski definition) is 5. The van der Waals surface area contributed by atoms with Crippen LogP contribution in [0.5, 0.6) is 5.75 Å². The summed E-state index contributed by atoms with van der Waals surface area (Å²) < 4.78 is 6.89. The first kappa shape index (κ1) is 15.0. The van der Waals surface area contributed by atoms with Crippen LogP contribution in [-0.2, 0) is 4.79 Å². The van der Waals surface area contributed by atoms with Crippen molar-refractivity contribution in [2.75, 3.05) is 11.9 Å². The van der Waals surface area contributed by atoms with Crippen LogP contribution < -0.4 is 10.1 Å². The number of nitrogens with zero attached hydrogens (tertiary/aromatic N) is 4. The van der Waals surface area contributed by atoms with Crippen molar-refractivity contribution in [3.05, 3.63) is 59.9 Å². The summed E-state index contributed by atoms with van der Waals surface area (Å²) in [6, 6.07) is 14.0. The third kappa shape index (κ3) is 4.04. The lowest BCUT2D eigenvalue weighted by molar-refractivity contribution is -0.118. The van der Waals surface area contributed by atoms with Crippen LogP contribution >= 0.6 is 11.6 Å². The average Bonchev–Trinajstić information content (AvgIpc) is 3.09. The number of nitrogens with one attached hydrogen (secondary N) is 1. The molecule has 2 aromatic carbocycles. The molecule has 1 heterocycles. The summed E-state index contributed by atoms with van der Waals surface area (Å²) in [5.41, 5.74) is 1.37. The monoisotopic (exact) mass is 329 g/mol. The van der Waals surface area contributed by atoms with Crippen molar-refractivity contribution in [3.63, 3.8) is 0 Å². The standard InChI is InChI=1S/C15H12ClN5O2/c16-11-4-6-14(7-5-11)23-9-15(22)18-12-2-1-3-13(8-12)21-10-17-19-20-21/h1-8,10H,9H2,(H,18,22). The molecule has 0 saturated carbocycles. The van der Waals surface area contributed by atoms with E-state index in [9.17, 15) is 4.79 Å². The number of carbonyl (C=O) groups is 1. The molecule has 116 valence electrons. The second-order valence-corrected chi connectivity index (χ2v) is 5.03. The van der Waals surface area contributed by atoms with Crippen LogP contribution in [0.2, 0.25) is 5.02 Å². The molecule has 3 aromatic rings. The largest absolute Gasteiger partial charge is 0.484 e. The Kier molecular flexibility index (Phi) is 4.49. The highest BCUT2D eigenvalue weighted by Crippen LogP contribution is 2.16. The third-order valence-electron chi connectivity index (χ3n) is 2.93. The number of aromatic nitrogens is 4. The van der Waals surface area contributed by atoms with Gasteiger partial charge in [-0.1, -0.05) is 17.7 Å². The molecule has 0 radical (unpaired) electrons. The summed E-state index contributed by atoms with van der Waals surface area (Å²) in [7, 11) is 0. The molecule has 0 fully saturated rings. The lowest BCUT2D eigenvalue weighted by atomic mass is 10.3. The predicted molar refractivity (Wildman–Crippen MR) is 84.7 cm³/mol. The van der Waals surface area contributed by atoms with Gasteiger partial charge in [0.15, 0.2) is 6.61 Å². The first-order chi connectivity index (χ1) is 11.2. The van der Waals surface area contributed by atoms with Crippen LogP contribution in [0.1, 0.15) is 0 Å². The zero-order valence-electron chi connectivity index (χ0n) is 11.9. The van der Waals surface area contributed by atoms with Gasteiger partial charge in [0.1, 0.15) is 12.1 Å². The number of amides is 1. The molecular weight excluding hydrogens is 318 g/mol. The Bertz CT molecular complexity index is 790. The van der Waals surface area contributed by atoms with E-state index in [0.29, 0.717) is 16.5 Å². The molecule has 3 rings (SSSR count). The van der Waals surface area contributed by atoms with Crippen molar-refractivity contribution in [2.45, 2.75) is 0 Å². The first-order valence-electron chi connectivity index (χ1n) is 6.72. The van der Waals surface area contributed by atoms with Crippen molar-refractivity contribution in [3.8, 4) is 11.4 Å². The zero-order valence-corrected chi connectivity index (χ0v) is 12.6. The second kappa shape index (κ2) is 6.89. The average molecular weight is 330 g/mol. The molecule has 7 nitrogen and oxygen atoms in total. The van der Waals surface area contributed by atoms with E-state index in [-0.39, 0.29) is 12.5 Å². The van der Waals surface area contributed by atoms with Gasteiger partial charge in [0.05, 0.1) is 5.69 Å². The molecule has 8 heteroatoms. The molecule has 0 aliphatic rings. The Morgan fingerprint density at radius 3 is 2.78 bits per heavy atom. The quantitative estimate of drug-likeness (QED) is 0.777. The minimum atomic E-state index is -0.270. The van der Waals surface area contributed by atoms with Gasteiger partial charge in [0.25, 0.3) is 5.91 Å². The van der Waals surface area contributed by atoms with Gasteiger partial charge < -0.3 is 10.1 Å². The Labute approximate surface area is 136 Å². The highest BCUT2D eigenvalue weighted by molar-refractivity contribution is 6.30. The van der Waals surface area contributed by atoms with Crippen LogP contribution in [0, 0.1) is 0 Å². The molecular formula is C15H12ClN5O2. The molecule has 0 bridgehead atoms. The summed E-state index contributed by atoms with van der Waals surface area (Å²) in [5.74, 6) is 0.306. The minimum absolute atomic E-state index is 0.100. The zero-order chi connectivity index (χ0) is 16.1. The van der Waals surface area contributed by atoms with E-state index in [1.54, 1.807) is 42.5 Å². The van der Waals surface area contributed by atoms with Crippen molar-refractivity contribution in [2.24, 2.45) is 0 Å². The summed E-state index contributed by atoms with van der Waals surface area (Å²) in [6.45, 7) is -0.100. The second-order valence-electron chi connectivity index (χ2n) is 4.60. The number of ether oxygens (including phenoxy) is 1. The topological polar surface area (TPSA) is 81.9 Å². The van der Waals surface area contributed by atoms with Gasteiger partial charge >= 0.3 is 0 Å². The van der Waals surface area contributed by atoms with E-state index < -0.39 is 0 Å². The Balaban J connectivity index is 1.59. The van der Waals surface area contributed by atoms with Gasteiger partial charge in [-0.2, -0.15) is 0 Å². The maximum Gasteiger partial charge on any atom is 0.262 e. The molecule has 1 aromatic heterocycles. The maximum atomic E-state index is 11.9. The van der Waals surface area contributed by atoms with Gasteiger partial charge in [0, 0.05) is 10.7 Å². The third-order valence-corrected chi connectivity index (χ3v) is 3.18. The summed E-state index contributed by atoms with van der Waals surface area (Å²) in [4.78, 5) is 11.9. The number of hydrogen-bond donors (Lipinski definition) is 1. The van der Waals surface area contributed by atoms with E-state index in [1.807, 2.05) is 6.07 Å². The van der Waals surface area contributed by atoms with Crippen LogP contribution in [0.4, 0.5) is 5.69 Å². The van der Waals surface area contributed by atoms with Crippen molar-refractivity contribution in [1.29, 1.82) is 0 Å². The molecule has 0 saturated heterocycles. The molecule has 0 atom stereocenters. The summed E-state index contributed by atoms with van der Waals surface area (Å²) in [5, 5.41) is 14.3. The fourth-order valence-electron chi connectivity index (χ4n) is 1.88. The summed E-state index contributed by atoms with van der Waals surface area (Å²) in [6.07, 6.45) is 1.48. The Hall–Kier alpha value is -2.93. The predicted octanol–water partition coefficient (Wildman–Crippen LogP) is 2.33. The molecule has 1 N–H and O–H groups in total. The van der Waals surface area contributed by atoms with Crippen LogP contribution in [0.3, 0.4) is 0 Å². The Morgan fingerprint density at radius 2 is 2.04 bits per heavy atom. The Morgan fingerprint density at radius 1 is 1.22 bits per heavy atom. The number of rotatable bonds is 5. The number of halogens is 1. The van der Waals surface area contributed by atoms with Crippen LogP contribution in [-0.4, -0.2) is 32.7 Å². The van der Waals surface area contributed by atoms with E-state index in [1.165, 1.54) is 11.0 Å². The SMILES string of the molecule is O=C(COc1ccc(Cl)cc1)Nc1cccc(-n2cnnn2)c1. The lowest BCUT2D eigenvalue weighted by Gasteiger charge is -2.08. The molecule has 0 aliphatic heterocycles. The van der Waals surface area contributed by atoms with Crippen molar-refractivity contribution in [1.82, 2.24) is 20.2 Å². The molecule has 0 spiro atoms. The number of carbonyl (C=O) groups excluding carboxylic acids is 1. The maximum absolute atomic E-state index is 11.9. The molecule has 1 amide bonds. The molecule has 23 heavy (non-hydrogen) atoms. The number of benzene rings is 2. The molecule has 0 unspecified atom stereocenters. The van der Waals surface area contributed by atoms with Gasteiger partial charge in [0.2, 0.25) is 0 Å². The first-order valence-corrected chi connectivity index (χ1v) is 7.10. The number of anilines is 1. The van der Waals surface area contributed by atoms with Gasteiger partial charge in [-0.05, 0) is 52.9 Å². The van der Waals surface area contributed by atoms with Gasteiger partial charge in [-0.3, -0.25) is 4.79 Å². The summed E-state index contributed by atoms with van der Waals surface area (Å²) >= 11 is 5.79. The van der Waals surface area contributed by atoms with E-state index in [4.69, 9.17) is 16.3 Å². The fourth-order valence-corrected chi connectivity index (χ4v) is 2.01. The number of tetrazole rings is 1. The van der Waals surface area contributed by atoms with Crippen LogP contribution in [0.15, 0.2) is 54.9 Å². The van der Waals surface area contributed by atoms with Crippen molar-refractivity contribution < 1.29 is 9.53 Å². The lowest BCUT2D eigenvalue weighted by Crippen LogP contribution is -2.20. The minimum Gasteiger partial charge on any atom is -0.484 e.